The van der Waals surface area contributed by atoms with Crippen molar-refractivity contribution in [3.63, 3.8) is 0 Å². The molecule has 1 saturated heterocycles. The summed E-state index contributed by atoms with van der Waals surface area (Å²) < 4.78 is 0. The van der Waals surface area contributed by atoms with Gasteiger partial charge in [-0.1, -0.05) is 0 Å². The third kappa shape index (κ3) is 3.04. The number of amides is 1. The summed E-state index contributed by atoms with van der Waals surface area (Å²) in [5.41, 5.74) is 6.11. The minimum absolute atomic E-state index is 0.0390. The normalized spacial score (nSPS) is 18.1. The van der Waals surface area contributed by atoms with E-state index in [9.17, 15) is 4.79 Å². The molecule has 94 valence electrons. The van der Waals surface area contributed by atoms with Crippen LogP contribution in [-0.2, 0) is 0 Å². The molecule has 2 heterocycles. The zero-order valence-electron chi connectivity index (χ0n) is 9.93. The Labute approximate surface area is 101 Å². The summed E-state index contributed by atoms with van der Waals surface area (Å²) >= 11 is 0. The van der Waals surface area contributed by atoms with E-state index < -0.39 is 0 Å². The summed E-state index contributed by atoms with van der Waals surface area (Å²) in [5.74, 6) is 0.0390. The van der Waals surface area contributed by atoms with Crippen LogP contribution in [0, 0.1) is 0 Å². The van der Waals surface area contributed by atoms with Crippen LogP contribution in [0.4, 0.5) is 0 Å². The van der Waals surface area contributed by atoms with Crippen LogP contribution in [-0.4, -0.2) is 65.2 Å². The number of nitrogens with two attached hydrogens (primary N) is 1. The second-order valence-electron chi connectivity index (χ2n) is 4.25. The highest BCUT2D eigenvalue weighted by Gasteiger charge is 2.20. The number of carbonyl (C=O) groups excluding carboxylic acids is 1. The van der Waals surface area contributed by atoms with Gasteiger partial charge in [0.15, 0.2) is 0 Å². The lowest BCUT2D eigenvalue weighted by Gasteiger charge is -2.20. The molecule has 0 spiro atoms. The van der Waals surface area contributed by atoms with Gasteiger partial charge in [0.25, 0.3) is 5.91 Å². The molecule has 6 heteroatoms. The van der Waals surface area contributed by atoms with Gasteiger partial charge in [-0.25, -0.2) is 0 Å². The monoisotopic (exact) mass is 237 g/mol. The van der Waals surface area contributed by atoms with E-state index in [0.29, 0.717) is 12.2 Å². The summed E-state index contributed by atoms with van der Waals surface area (Å²) in [5, 5.41) is 6.52. The first-order valence-electron chi connectivity index (χ1n) is 6.02. The molecular weight excluding hydrogens is 218 g/mol. The van der Waals surface area contributed by atoms with E-state index in [1.54, 1.807) is 12.3 Å². The van der Waals surface area contributed by atoms with Gasteiger partial charge in [0, 0.05) is 38.9 Å². The van der Waals surface area contributed by atoms with Crippen molar-refractivity contribution in [3.8, 4) is 0 Å². The van der Waals surface area contributed by atoms with Crippen molar-refractivity contribution in [2.75, 3.05) is 39.3 Å². The van der Waals surface area contributed by atoms with E-state index in [1.165, 1.54) is 0 Å². The molecule has 3 N–H and O–H groups in total. The number of rotatable bonds is 3. The van der Waals surface area contributed by atoms with Crippen molar-refractivity contribution in [1.29, 1.82) is 0 Å². The van der Waals surface area contributed by atoms with Crippen molar-refractivity contribution < 1.29 is 4.79 Å². The van der Waals surface area contributed by atoms with E-state index in [-0.39, 0.29) is 5.91 Å². The minimum atomic E-state index is 0.0390. The number of aromatic amines is 1. The van der Waals surface area contributed by atoms with Crippen molar-refractivity contribution in [3.05, 3.63) is 18.0 Å². The predicted molar refractivity (Wildman–Crippen MR) is 64.6 cm³/mol. The third-order valence-electron chi connectivity index (χ3n) is 3.05. The lowest BCUT2D eigenvalue weighted by Crippen LogP contribution is -2.36. The summed E-state index contributed by atoms with van der Waals surface area (Å²) in [7, 11) is 0. The SMILES string of the molecule is NCCN1CCCN(C(=O)c2ccn[nH]2)CC1. The summed E-state index contributed by atoms with van der Waals surface area (Å²) in [6.07, 6.45) is 2.60. The zero-order valence-corrected chi connectivity index (χ0v) is 9.93. The lowest BCUT2D eigenvalue weighted by molar-refractivity contribution is 0.0756. The average molecular weight is 237 g/mol. The van der Waals surface area contributed by atoms with Gasteiger partial charge in [-0.05, 0) is 19.0 Å². The minimum Gasteiger partial charge on any atom is -0.336 e. The Morgan fingerprint density at radius 1 is 1.41 bits per heavy atom. The molecule has 0 unspecified atom stereocenters. The van der Waals surface area contributed by atoms with Gasteiger partial charge in [-0.2, -0.15) is 5.10 Å². The predicted octanol–water partition coefficient (Wildman–Crippen LogP) is -0.484. The van der Waals surface area contributed by atoms with Crippen LogP contribution in [0.1, 0.15) is 16.9 Å². The van der Waals surface area contributed by atoms with Crippen LogP contribution >= 0.6 is 0 Å². The molecule has 6 nitrogen and oxygen atoms in total. The van der Waals surface area contributed by atoms with Gasteiger partial charge in [0.1, 0.15) is 5.69 Å². The summed E-state index contributed by atoms with van der Waals surface area (Å²) in [6, 6.07) is 1.71. The maximum absolute atomic E-state index is 12.1. The van der Waals surface area contributed by atoms with E-state index >= 15 is 0 Å². The van der Waals surface area contributed by atoms with Gasteiger partial charge in [-0.15, -0.1) is 0 Å². The Morgan fingerprint density at radius 2 is 2.29 bits per heavy atom. The molecule has 1 amide bonds. The lowest BCUT2D eigenvalue weighted by atomic mass is 10.3. The highest BCUT2D eigenvalue weighted by atomic mass is 16.2. The number of aromatic nitrogens is 2. The summed E-state index contributed by atoms with van der Waals surface area (Å²) in [6.45, 7) is 5.07. The first-order chi connectivity index (χ1) is 8.31. The van der Waals surface area contributed by atoms with Gasteiger partial charge < -0.3 is 15.5 Å². The smallest absolute Gasteiger partial charge is 0.271 e. The van der Waals surface area contributed by atoms with Crippen LogP contribution in [0.2, 0.25) is 0 Å². The Bertz CT molecular complexity index is 351. The van der Waals surface area contributed by atoms with Gasteiger partial charge in [0.05, 0.1) is 0 Å². The standard InChI is InChI=1S/C11H19N5O/c12-3-7-15-5-1-6-16(9-8-15)11(17)10-2-4-13-14-10/h2,4H,1,3,5-9,12H2,(H,13,14). The van der Waals surface area contributed by atoms with Crippen LogP contribution in [0.15, 0.2) is 12.3 Å². The average Bonchev–Trinajstić information content (AvgIpc) is 2.76. The Kier molecular flexibility index (Phi) is 4.11. The van der Waals surface area contributed by atoms with Crippen LogP contribution in [0.5, 0.6) is 0 Å². The molecular formula is C11H19N5O. The molecule has 0 atom stereocenters. The molecule has 17 heavy (non-hydrogen) atoms. The maximum atomic E-state index is 12.1. The molecule has 1 aliphatic heterocycles. The Morgan fingerprint density at radius 3 is 3.00 bits per heavy atom. The number of nitrogens with one attached hydrogen (secondary N) is 1. The molecule has 1 aromatic heterocycles. The first-order valence-corrected chi connectivity index (χ1v) is 6.02. The molecule has 1 fully saturated rings. The summed E-state index contributed by atoms with van der Waals surface area (Å²) in [4.78, 5) is 16.3. The maximum Gasteiger partial charge on any atom is 0.271 e. The molecule has 2 rings (SSSR count). The quantitative estimate of drug-likeness (QED) is 0.744. The van der Waals surface area contributed by atoms with Crippen molar-refractivity contribution in [2.45, 2.75) is 6.42 Å². The molecule has 0 aromatic carbocycles. The fourth-order valence-corrected chi connectivity index (χ4v) is 2.13. The third-order valence-corrected chi connectivity index (χ3v) is 3.05. The molecule has 0 aliphatic carbocycles. The van der Waals surface area contributed by atoms with E-state index in [2.05, 4.69) is 15.1 Å². The molecule has 0 saturated carbocycles. The molecule has 0 bridgehead atoms. The second-order valence-corrected chi connectivity index (χ2v) is 4.25. The fourth-order valence-electron chi connectivity index (χ4n) is 2.13. The van der Waals surface area contributed by atoms with Crippen molar-refractivity contribution in [2.24, 2.45) is 5.73 Å². The zero-order chi connectivity index (χ0) is 12.1. The number of carbonyl (C=O) groups is 1. The fraction of sp³-hybridized carbons (Fsp3) is 0.636. The topological polar surface area (TPSA) is 78.2 Å². The largest absolute Gasteiger partial charge is 0.336 e. The van der Waals surface area contributed by atoms with Gasteiger partial charge >= 0.3 is 0 Å². The van der Waals surface area contributed by atoms with Crippen LogP contribution < -0.4 is 5.73 Å². The first kappa shape index (κ1) is 12.1. The molecule has 1 aromatic rings. The van der Waals surface area contributed by atoms with E-state index in [0.717, 1.165) is 39.1 Å². The van der Waals surface area contributed by atoms with E-state index in [1.807, 2.05) is 4.90 Å². The van der Waals surface area contributed by atoms with Gasteiger partial charge in [-0.3, -0.25) is 9.89 Å². The van der Waals surface area contributed by atoms with Crippen molar-refractivity contribution in [1.82, 2.24) is 20.0 Å². The Hall–Kier alpha value is -1.40. The van der Waals surface area contributed by atoms with Crippen LogP contribution in [0.25, 0.3) is 0 Å². The Balaban J connectivity index is 1.92. The highest BCUT2D eigenvalue weighted by Crippen LogP contribution is 2.06. The molecule has 0 radical (unpaired) electrons. The second kappa shape index (κ2) is 5.79. The van der Waals surface area contributed by atoms with Crippen LogP contribution in [0.3, 0.4) is 0 Å². The number of H-pyrrole nitrogens is 1. The van der Waals surface area contributed by atoms with Gasteiger partial charge in [0.2, 0.25) is 0 Å². The molecule has 1 aliphatic rings. The van der Waals surface area contributed by atoms with Crippen molar-refractivity contribution >= 4 is 5.91 Å². The number of hydrogen-bond acceptors (Lipinski definition) is 4. The number of hydrogen-bond donors (Lipinski definition) is 2. The van der Waals surface area contributed by atoms with E-state index in [4.69, 9.17) is 5.73 Å². The number of nitrogens with zero attached hydrogens (tertiary/aromatic N) is 3. The highest BCUT2D eigenvalue weighted by molar-refractivity contribution is 5.92.